The molecule has 2 aromatic heterocycles. The first-order valence-corrected chi connectivity index (χ1v) is 11.3. The van der Waals surface area contributed by atoms with Gasteiger partial charge in [-0.05, 0) is 75.1 Å². The number of nitrogens with zero attached hydrogens (tertiary/aromatic N) is 3. The minimum atomic E-state index is -4.61. The Kier molecular flexibility index (Phi) is 6.79. The third-order valence-corrected chi connectivity index (χ3v) is 6.35. The van der Waals surface area contributed by atoms with Crippen LogP contribution in [-0.2, 0) is 10.9 Å². The van der Waals surface area contributed by atoms with Gasteiger partial charge in [-0.1, -0.05) is 6.07 Å². The Morgan fingerprint density at radius 2 is 1.74 bits per heavy atom. The SMILES string of the molecule is CO[C@H]1CC[C@H](c2cc(C)c(Nc3ncc(C(F)(F)F)c(Nc4cc(C)[nH]n4)n3)cc2C)CC1. The van der Waals surface area contributed by atoms with Crippen molar-refractivity contribution in [2.45, 2.75) is 64.7 Å². The van der Waals surface area contributed by atoms with E-state index >= 15 is 0 Å². The normalized spacial score (nSPS) is 18.7. The van der Waals surface area contributed by atoms with E-state index in [0.29, 0.717) is 17.7 Å². The third kappa shape index (κ3) is 5.32. The summed E-state index contributed by atoms with van der Waals surface area (Å²) >= 11 is 0. The van der Waals surface area contributed by atoms with Gasteiger partial charge in [0.25, 0.3) is 0 Å². The largest absolute Gasteiger partial charge is 0.421 e. The maximum Gasteiger partial charge on any atom is 0.421 e. The maximum absolute atomic E-state index is 13.5. The Balaban J connectivity index is 1.58. The molecule has 0 bridgehead atoms. The zero-order valence-corrected chi connectivity index (χ0v) is 19.7. The van der Waals surface area contributed by atoms with Gasteiger partial charge in [0, 0.05) is 30.8 Å². The van der Waals surface area contributed by atoms with Crippen molar-refractivity contribution in [3.63, 3.8) is 0 Å². The lowest BCUT2D eigenvalue weighted by molar-refractivity contribution is -0.137. The standard InChI is InChI=1S/C24H29F3N6O/c1-13-10-20(14(2)9-18(13)16-5-7-17(34-4)8-6-16)29-23-28-12-19(24(25,26)27)22(31-23)30-21-11-15(3)32-33-21/h9-12,16-17H,5-8H2,1-4H3,(H3,28,29,30,31,32,33)/t16-,17-. The second-order valence-electron chi connectivity index (χ2n) is 8.87. The monoisotopic (exact) mass is 474 g/mol. The molecule has 182 valence electrons. The number of hydrogen-bond donors (Lipinski definition) is 3. The predicted molar refractivity (Wildman–Crippen MR) is 125 cm³/mol. The van der Waals surface area contributed by atoms with Gasteiger partial charge in [-0.15, -0.1) is 0 Å². The van der Waals surface area contributed by atoms with E-state index in [1.54, 1.807) is 20.1 Å². The molecule has 1 saturated carbocycles. The van der Waals surface area contributed by atoms with Crippen molar-refractivity contribution in [2.24, 2.45) is 0 Å². The highest BCUT2D eigenvalue weighted by Gasteiger charge is 2.35. The van der Waals surface area contributed by atoms with Gasteiger partial charge in [-0.25, -0.2) is 4.98 Å². The number of aryl methyl sites for hydroxylation is 3. The Bertz CT molecular complexity index is 1150. The lowest BCUT2D eigenvalue weighted by Crippen LogP contribution is -2.20. The summed E-state index contributed by atoms with van der Waals surface area (Å²) in [5.41, 5.74) is 3.93. The van der Waals surface area contributed by atoms with Gasteiger partial charge in [0.15, 0.2) is 5.82 Å². The lowest BCUT2D eigenvalue weighted by atomic mass is 9.80. The maximum atomic E-state index is 13.5. The van der Waals surface area contributed by atoms with Gasteiger partial charge < -0.3 is 15.4 Å². The molecule has 0 radical (unpaired) electrons. The van der Waals surface area contributed by atoms with Crippen LogP contribution in [0.1, 0.15) is 59.5 Å². The minimum Gasteiger partial charge on any atom is -0.381 e. The molecule has 0 aliphatic heterocycles. The molecule has 0 spiro atoms. The average molecular weight is 475 g/mol. The van der Waals surface area contributed by atoms with Crippen LogP contribution in [0, 0.1) is 20.8 Å². The Labute approximate surface area is 196 Å². The van der Waals surface area contributed by atoms with Crippen LogP contribution in [0.5, 0.6) is 0 Å². The van der Waals surface area contributed by atoms with Crippen LogP contribution in [0.25, 0.3) is 0 Å². The van der Waals surface area contributed by atoms with Gasteiger partial charge in [0.2, 0.25) is 5.95 Å². The van der Waals surface area contributed by atoms with E-state index in [4.69, 9.17) is 4.74 Å². The van der Waals surface area contributed by atoms with Gasteiger partial charge in [0.1, 0.15) is 11.4 Å². The van der Waals surface area contributed by atoms with Crippen molar-refractivity contribution < 1.29 is 17.9 Å². The summed E-state index contributed by atoms with van der Waals surface area (Å²) in [5.74, 6) is 0.429. The van der Waals surface area contributed by atoms with Crippen LogP contribution in [0.3, 0.4) is 0 Å². The van der Waals surface area contributed by atoms with Crippen LogP contribution in [-0.4, -0.2) is 33.4 Å². The van der Waals surface area contributed by atoms with Crippen LogP contribution in [0.15, 0.2) is 24.4 Å². The van der Waals surface area contributed by atoms with Gasteiger partial charge in [0.05, 0.1) is 6.10 Å². The van der Waals surface area contributed by atoms with E-state index in [1.807, 2.05) is 13.0 Å². The fraction of sp³-hybridized carbons (Fsp3) is 0.458. The topological polar surface area (TPSA) is 87.8 Å². The first-order valence-electron chi connectivity index (χ1n) is 11.3. The lowest BCUT2D eigenvalue weighted by Gasteiger charge is -2.29. The molecule has 3 aromatic rings. The number of benzene rings is 1. The summed E-state index contributed by atoms with van der Waals surface area (Å²) in [7, 11) is 1.76. The van der Waals surface area contributed by atoms with E-state index < -0.39 is 11.7 Å². The number of nitrogens with one attached hydrogen (secondary N) is 3. The zero-order chi connectivity index (χ0) is 24.5. The van der Waals surface area contributed by atoms with Crippen molar-refractivity contribution in [3.05, 3.63) is 52.3 Å². The number of alkyl halides is 3. The molecule has 10 heteroatoms. The molecule has 1 aliphatic rings. The van der Waals surface area contributed by atoms with Crippen molar-refractivity contribution >= 4 is 23.3 Å². The third-order valence-electron chi connectivity index (χ3n) is 6.35. The van der Waals surface area contributed by atoms with Crippen LogP contribution < -0.4 is 10.6 Å². The molecule has 0 saturated heterocycles. The van der Waals surface area contributed by atoms with Crippen LogP contribution >= 0.6 is 0 Å². The molecular weight excluding hydrogens is 445 g/mol. The fourth-order valence-corrected chi connectivity index (χ4v) is 4.49. The fourth-order valence-electron chi connectivity index (χ4n) is 4.49. The van der Waals surface area contributed by atoms with Crippen molar-refractivity contribution in [1.29, 1.82) is 0 Å². The molecule has 34 heavy (non-hydrogen) atoms. The average Bonchev–Trinajstić information content (AvgIpc) is 3.20. The highest BCUT2D eigenvalue weighted by atomic mass is 19.4. The quantitative estimate of drug-likeness (QED) is 0.388. The number of halogens is 3. The highest BCUT2D eigenvalue weighted by molar-refractivity contribution is 5.64. The first kappa shape index (κ1) is 24.0. The molecule has 1 fully saturated rings. The minimum absolute atomic E-state index is 0.0682. The summed E-state index contributed by atoms with van der Waals surface area (Å²) in [6, 6.07) is 5.77. The molecular formula is C24H29F3N6O. The highest BCUT2D eigenvalue weighted by Crippen LogP contribution is 2.38. The summed E-state index contributed by atoms with van der Waals surface area (Å²) in [6.45, 7) is 5.79. The Morgan fingerprint density at radius 1 is 1.00 bits per heavy atom. The van der Waals surface area contributed by atoms with Crippen molar-refractivity contribution in [2.75, 3.05) is 17.7 Å². The number of H-pyrrole nitrogens is 1. The Hall–Kier alpha value is -3.14. The second-order valence-corrected chi connectivity index (χ2v) is 8.87. The number of rotatable bonds is 6. The van der Waals surface area contributed by atoms with Crippen LogP contribution in [0.4, 0.5) is 36.4 Å². The molecule has 7 nitrogen and oxygen atoms in total. The number of ether oxygens (including phenoxy) is 1. The molecule has 1 aromatic carbocycles. The Morgan fingerprint density at radius 3 is 2.35 bits per heavy atom. The second kappa shape index (κ2) is 9.61. The molecule has 3 N–H and O–H groups in total. The zero-order valence-electron chi connectivity index (χ0n) is 19.7. The number of aromatic amines is 1. The van der Waals surface area contributed by atoms with Crippen molar-refractivity contribution in [3.8, 4) is 0 Å². The van der Waals surface area contributed by atoms with Crippen LogP contribution in [0.2, 0.25) is 0 Å². The molecule has 0 atom stereocenters. The molecule has 0 amide bonds. The molecule has 0 unspecified atom stereocenters. The van der Waals surface area contributed by atoms with Gasteiger partial charge >= 0.3 is 6.18 Å². The van der Waals surface area contributed by atoms with E-state index in [2.05, 4.69) is 43.8 Å². The van der Waals surface area contributed by atoms with E-state index in [9.17, 15) is 13.2 Å². The summed E-state index contributed by atoms with van der Waals surface area (Å²) < 4.78 is 46.1. The molecule has 1 aliphatic carbocycles. The van der Waals surface area contributed by atoms with Crippen molar-refractivity contribution in [1.82, 2.24) is 20.2 Å². The first-order chi connectivity index (χ1) is 16.1. The molecule has 2 heterocycles. The molecule has 4 rings (SSSR count). The van der Waals surface area contributed by atoms with E-state index in [1.165, 1.54) is 5.56 Å². The number of aromatic nitrogens is 4. The number of anilines is 4. The summed E-state index contributed by atoms with van der Waals surface area (Å²) in [6.07, 6.45) is 0.757. The number of methoxy groups -OCH3 is 1. The smallest absolute Gasteiger partial charge is 0.381 e. The summed E-state index contributed by atoms with van der Waals surface area (Å²) in [5, 5.41) is 12.4. The summed E-state index contributed by atoms with van der Waals surface area (Å²) in [4.78, 5) is 8.04. The van der Waals surface area contributed by atoms with Gasteiger partial charge in [-0.3, -0.25) is 5.10 Å². The predicted octanol–water partition coefficient (Wildman–Crippen LogP) is 6.30. The van der Waals surface area contributed by atoms with E-state index in [0.717, 1.165) is 48.7 Å². The van der Waals surface area contributed by atoms with E-state index in [-0.39, 0.29) is 17.6 Å². The van der Waals surface area contributed by atoms with Gasteiger partial charge in [-0.2, -0.15) is 23.3 Å². The number of hydrogen-bond acceptors (Lipinski definition) is 6.